The molecule has 106 valence electrons. The standard InChI is InChI=1S/C17H27NO/c1-5-19-16-12-15(17(16,3)4)18-10-9-14-8-6-7-13(2)11-14/h6-8,11,15-16,18H,5,9-10,12H2,1-4H3. The third kappa shape index (κ3) is 3.37. The van der Waals surface area contributed by atoms with Crippen LogP contribution in [0.3, 0.4) is 0 Å². The minimum Gasteiger partial charge on any atom is -0.378 e. The molecule has 2 heteroatoms. The summed E-state index contributed by atoms with van der Waals surface area (Å²) in [5.74, 6) is 0. The Hall–Kier alpha value is -0.860. The molecule has 0 heterocycles. The molecule has 1 aromatic carbocycles. The highest BCUT2D eigenvalue weighted by molar-refractivity contribution is 5.22. The zero-order chi connectivity index (χ0) is 13.9. The molecule has 1 saturated carbocycles. The van der Waals surface area contributed by atoms with E-state index in [4.69, 9.17) is 4.74 Å². The first-order chi connectivity index (χ1) is 9.04. The van der Waals surface area contributed by atoms with E-state index in [2.05, 4.69) is 57.3 Å². The summed E-state index contributed by atoms with van der Waals surface area (Å²) in [6, 6.07) is 9.37. The Morgan fingerprint density at radius 1 is 1.37 bits per heavy atom. The largest absolute Gasteiger partial charge is 0.378 e. The molecule has 2 unspecified atom stereocenters. The van der Waals surface area contributed by atoms with Crippen molar-refractivity contribution in [2.24, 2.45) is 5.41 Å². The maximum atomic E-state index is 5.76. The first-order valence-corrected chi connectivity index (χ1v) is 7.44. The summed E-state index contributed by atoms with van der Waals surface area (Å²) in [4.78, 5) is 0. The highest BCUT2D eigenvalue weighted by atomic mass is 16.5. The van der Waals surface area contributed by atoms with Crippen LogP contribution in [0, 0.1) is 12.3 Å². The highest BCUT2D eigenvalue weighted by Gasteiger charge is 2.48. The predicted molar refractivity (Wildman–Crippen MR) is 80.5 cm³/mol. The zero-order valence-corrected chi connectivity index (χ0v) is 12.7. The van der Waals surface area contributed by atoms with Gasteiger partial charge < -0.3 is 10.1 Å². The van der Waals surface area contributed by atoms with E-state index in [1.807, 2.05) is 0 Å². The summed E-state index contributed by atoms with van der Waals surface area (Å²) in [5.41, 5.74) is 3.03. The highest BCUT2D eigenvalue weighted by Crippen LogP contribution is 2.42. The molecule has 2 atom stereocenters. The summed E-state index contributed by atoms with van der Waals surface area (Å²) in [5, 5.41) is 3.69. The second-order valence-electron chi connectivity index (χ2n) is 6.25. The molecule has 0 spiro atoms. The topological polar surface area (TPSA) is 21.3 Å². The van der Waals surface area contributed by atoms with Gasteiger partial charge in [-0.1, -0.05) is 43.7 Å². The summed E-state index contributed by atoms with van der Waals surface area (Å²) < 4.78 is 5.76. The second kappa shape index (κ2) is 6.06. The van der Waals surface area contributed by atoms with Gasteiger partial charge in [-0.3, -0.25) is 0 Å². The molecule has 0 saturated heterocycles. The Kier molecular flexibility index (Phi) is 4.64. The first-order valence-electron chi connectivity index (χ1n) is 7.44. The van der Waals surface area contributed by atoms with Crippen molar-refractivity contribution in [2.75, 3.05) is 13.2 Å². The summed E-state index contributed by atoms with van der Waals surface area (Å²) in [6.07, 6.45) is 2.68. The van der Waals surface area contributed by atoms with E-state index >= 15 is 0 Å². The smallest absolute Gasteiger partial charge is 0.0655 e. The van der Waals surface area contributed by atoms with Gasteiger partial charge >= 0.3 is 0 Å². The van der Waals surface area contributed by atoms with Crippen molar-refractivity contribution in [1.82, 2.24) is 5.32 Å². The van der Waals surface area contributed by atoms with Gasteiger partial charge in [-0.2, -0.15) is 0 Å². The fraction of sp³-hybridized carbons (Fsp3) is 0.647. The van der Waals surface area contributed by atoms with Crippen LogP contribution in [0.1, 0.15) is 38.3 Å². The molecule has 0 bridgehead atoms. The monoisotopic (exact) mass is 261 g/mol. The molecule has 1 aromatic rings. The fourth-order valence-electron chi connectivity index (χ4n) is 2.97. The van der Waals surface area contributed by atoms with Crippen LogP contribution in [0.25, 0.3) is 0 Å². The van der Waals surface area contributed by atoms with E-state index in [1.165, 1.54) is 11.1 Å². The number of ether oxygens (including phenoxy) is 1. The van der Waals surface area contributed by atoms with Gasteiger partial charge in [0.2, 0.25) is 0 Å². The molecule has 0 aromatic heterocycles. The SMILES string of the molecule is CCOC1CC(NCCc2cccc(C)c2)C1(C)C. The van der Waals surface area contributed by atoms with Crippen molar-refractivity contribution < 1.29 is 4.74 Å². The van der Waals surface area contributed by atoms with E-state index in [-0.39, 0.29) is 5.41 Å². The Morgan fingerprint density at radius 2 is 2.16 bits per heavy atom. The van der Waals surface area contributed by atoms with Crippen molar-refractivity contribution >= 4 is 0 Å². The number of hydrogen-bond donors (Lipinski definition) is 1. The van der Waals surface area contributed by atoms with Crippen LogP contribution in [0.5, 0.6) is 0 Å². The molecule has 1 aliphatic rings. The molecule has 19 heavy (non-hydrogen) atoms. The van der Waals surface area contributed by atoms with Crippen molar-refractivity contribution in [2.45, 2.75) is 52.7 Å². The van der Waals surface area contributed by atoms with Gasteiger partial charge in [0.15, 0.2) is 0 Å². The van der Waals surface area contributed by atoms with Crippen LogP contribution in [0.4, 0.5) is 0 Å². The van der Waals surface area contributed by atoms with Crippen molar-refractivity contribution in [3.05, 3.63) is 35.4 Å². The maximum absolute atomic E-state index is 5.76. The zero-order valence-electron chi connectivity index (χ0n) is 12.7. The summed E-state index contributed by atoms with van der Waals surface area (Å²) in [7, 11) is 0. The summed E-state index contributed by atoms with van der Waals surface area (Å²) in [6.45, 7) is 10.7. The van der Waals surface area contributed by atoms with Gasteiger partial charge in [0.25, 0.3) is 0 Å². The van der Waals surface area contributed by atoms with Crippen LogP contribution in [-0.4, -0.2) is 25.3 Å². The Balaban J connectivity index is 1.75. The van der Waals surface area contributed by atoms with Gasteiger partial charge in [-0.15, -0.1) is 0 Å². The second-order valence-corrected chi connectivity index (χ2v) is 6.25. The number of benzene rings is 1. The number of nitrogens with one attached hydrogen (secondary N) is 1. The quantitative estimate of drug-likeness (QED) is 0.848. The molecule has 2 rings (SSSR count). The minimum absolute atomic E-state index is 0.266. The molecule has 0 amide bonds. The van der Waals surface area contributed by atoms with Crippen molar-refractivity contribution in [1.29, 1.82) is 0 Å². The Morgan fingerprint density at radius 3 is 2.79 bits per heavy atom. The number of hydrogen-bond acceptors (Lipinski definition) is 2. The fourth-order valence-corrected chi connectivity index (χ4v) is 2.97. The molecule has 0 aliphatic heterocycles. The van der Waals surface area contributed by atoms with Crippen LogP contribution < -0.4 is 5.32 Å². The average Bonchev–Trinajstić information content (AvgIpc) is 2.37. The Bertz CT molecular complexity index is 413. The van der Waals surface area contributed by atoms with E-state index in [9.17, 15) is 0 Å². The van der Waals surface area contributed by atoms with Gasteiger partial charge in [0, 0.05) is 18.1 Å². The lowest BCUT2D eigenvalue weighted by molar-refractivity contribution is -0.113. The van der Waals surface area contributed by atoms with Crippen LogP contribution >= 0.6 is 0 Å². The van der Waals surface area contributed by atoms with E-state index in [0.29, 0.717) is 12.1 Å². The van der Waals surface area contributed by atoms with Gasteiger partial charge in [0.1, 0.15) is 0 Å². The molecule has 1 aliphatic carbocycles. The minimum atomic E-state index is 0.266. The first kappa shape index (κ1) is 14.5. The van der Waals surface area contributed by atoms with Gasteiger partial charge in [-0.25, -0.2) is 0 Å². The number of aryl methyl sites for hydroxylation is 1. The van der Waals surface area contributed by atoms with Crippen molar-refractivity contribution in [3.8, 4) is 0 Å². The van der Waals surface area contributed by atoms with Crippen LogP contribution in [0.2, 0.25) is 0 Å². The van der Waals surface area contributed by atoms with Gasteiger partial charge in [-0.05, 0) is 38.8 Å². The lowest BCUT2D eigenvalue weighted by Crippen LogP contribution is -2.61. The molecule has 1 N–H and O–H groups in total. The lowest BCUT2D eigenvalue weighted by atomic mass is 9.64. The lowest BCUT2D eigenvalue weighted by Gasteiger charge is -2.52. The average molecular weight is 261 g/mol. The molecule has 2 nitrogen and oxygen atoms in total. The van der Waals surface area contributed by atoms with E-state index in [0.717, 1.165) is 26.0 Å². The normalized spacial score (nSPS) is 25.1. The van der Waals surface area contributed by atoms with Crippen LogP contribution in [0.15, 0.2) is 24.3 Å². The molecule has 0 radical (unpaired) electrons. The molecular formula is C17H27NO. The summed E-state index contributed by atoms with van der Waals surface area (Å²) >= 11 is 0. The number of rotatable bonds is 6. The molecule has 1 fully saturated rings. The van der Waals surface area contributed by atoms with Gasteiger partial charge in [0.05, 0.1) is 6.10 Å². The third-order valence-corrected chi connectivity index (χ3v) is 4.43. The maximum Gasteiger partial charge on any atom is 0.0655 e. The third-order valence-electron chi connectivity index (χ3n) is 4.43. The molecular weight excluding hydrogens is 234 g/mol. The Labute approximate surface area is 117 Å². The van der Waals surface area contributed by atoms with E-state index < -0.39 is 0 Å². The van der Waals surface area contributed by atoms with E-state index in [1.54, 1.807) is 0 Å². The van der Waals surface area contributed by atoms with Crippen molar-refractivity contribution in [3.63, 3.8) is 0 Å². The van der Waals surface area contributed by atoms with Crippen LogP contribution in [-0.2, 0) is 11.2 Å². The predicted octanol–water partition coefficient (Wildman–Crippen LogP) is 3.33.